The standard InChI is InChI=1S/C7H15Si/c8-7-5-3-1-2-4-6-7/h7H,1-6,8H2. The van der Waals surface area contributed by atoms with Crippen LogP contribution in [0.25, 0.3) is 0 Å². The van der Waals surface area contributed by atoms with Gasteiger partial charge in [0, 0.05) is 10.2 Å². The molecule has 1 aliphatic rings. The van der Waals surface area contributed by atoms with E-state index in [1.54, 1.807) is 0 Å². The predicted molar refractivity (Wildman–Crippen MR) is 40.0 cm³/mol. The van der Waals surface area contributed by atoms with Crippen molar-refractivity contribution >= 4 is 10.2 Å². The third kappa shape index (κ3) is 1.99. The van der Waals surface area contributed by atoms with Crippen molar-refractivity contribution < 1.29 is 0 Å². The fourth-order valence-electron chi connectivity index (χ4n) is 1.36. The Morgan fingerprint density at radius 2 is 1.38 bits per heavy atom. The van der Waals surface area contributed by atoms with Gasteiger partial charge in [-0.25, -0.2) is 0 Å². The van der Waals surface area contributed by atoms with E-state index in [1.807, 2.05) is 0 Å². The van der Waals surface area contributed by atoms with Crippen LogP contribution < -0.4 is 0 Å². The molecule has 0 unspecified atom stereocenters. The summed E-state index contributed by atoms with van der Waals surface area (Å²) in [6.45, 7) is 0. The largest absolute Gasteiger partial charge is 0.0539 e. The average Bonchev–Trinajstić information content (AvgIpc) is 1.94. The number of hydrogen-bond donors (Lipinski definition) is 0. The molecule has 47 valence electrons. The van der Waals surface area contributed by atoms with Gasteiger partial charge in [-0.3, -0.25) is 0 Å². The quantitative estimate of drug-likeness (QED) is 0.343. The van der Waals surface area contributed by atoms with Gasteiger partial charge in [0.1, 0.15) is 0 Å². The molecule has 0 saturated heterocycles. The minimum atomic E-state index is 1.05. The summed E-state index contributed by atoms with van der Waals surface area (Å²) in [5, 5.41) is 0. The summed E-state index contributed by atoms with van der Waals surface area (Å²) in [5.41, 5.74) is 1.05. The molecule has 1 saturated carbocycles. The molecule has 0 N–H and O–H groups in total. The maximum atomic E-state index is 2.19. The third-order valence-corrected chi connectivity index (χ3v) is 2.79. The van der Waals surface area contributed by atoms with Crippen molar-refractivity contribution in [1.29, 1.82) is 0 Å². The minimum Gasteiger partial charge on any atom is -0.0539 e. The second-order valence-electron chi connectivity index (χ2n) is 2.86. The van der Waals surface area contributed by atoms with Crippen molar-refractivity contribution in [3.63, 3.8) is 0 Å². The van der Waals surface area contributed by atoms with Crippen LogP contribution in [0.3, 0.4) is 0 Å². The highest BCUT2D eigenvalue weighted by Gasteiger charge is 2.05. The van der Waals surface area contributed by atoms with Gasteiger partial charge in [0.25, 0.3) is 0 Å². The van der Waals surface area contributed by atoms with Crippen LogP contribution in [0, 0.1) is 0 Å². The maximum Gasteiger partial charge on any atom is 0.0121 e. The minimum absolute atomic E-state index is 1.05. The lowest BCUT2D eigenvalue weighted by atomic mass is 10.2. The lowest BCUT2D eigenvalue weighted by molar-refractivity contribution is 0.700. The fourth-order valence-corrected chi connectivity index (χ4v) is 1.94. The molecular formula is C7H15Si. The molecule has 1 fully saturated rings. The first kappa shape index (κ1) is 6.34. The molecule has 1 aliphatic carbocycles. The molecule has 1 radical (unpaired) electrons. The molecule has 1 heteroatoms. The summed E-state index contributed by atoms with van der Waals surface area (Å²) in [7, 11) is 2.19. The van der Waals surface area contributed by atoms with Crippen LogP contribution in [0.1, 0.15) is 38.5 Å². The Balaban J connectivity index is 2.17. The van der Waals surface area contributed by atoms with Crippen LogP contribution in [0.15, 0.2) is 0 Å². The molecule has 8 heavy (non-hydrogen) atoms. The lowest BCUT2D eigenvalue weighted by Crippen LogP contribution is -1.87. The highest BCUT2D eigenvalue weighted by atomic mass is 28.1. The highest BCUT2D eigenvalue weighted by molar-refractivity contribution is 6.11. The monoisotopic (exact) mass is 127 g/mol. The summed E-state index contributed by atoms with van der Waals surface area (Å²) in [6.07, 6.45) is 8.98. The Morgan fingerprint density at radius 1 is 0.875 bits per heavy atom. The molecule has 0 amide bonds. The molecule has 0 heterocycles. The molecule has 0 aliphatic heterocycles. The van der Waals surface area contributed by atoms with Crippen LogP contribution in [0.2, 0.25) is 5.54 Å². The van der Waals surface area contributed by atoms with Crippen LogP contribution >= 0.6 is 0 Å². The lowest BCUT2D eigenvalue weighted by Gasteiger charge is -2.02. The molecule has 0 atom stereocenters. The molecule has 0 bridgehead atoms. The van der Waals surface area contributed by atoms with Crippen molar-refractivity contribution in [2.75, 3.05) is 0 Å². The van der Waals surface area contributed by atoms with E-state index in [4.69, 9.17) is 0 Å². The first-order valence-electron chi connectivity index (χ1n) is 3.72. The second-order valence-corrected chi connectivity index (χ2v) is 4.01. The van der Waals surface area contributed by atoms with Crippen LogP contribution in [-0.2, 0) is 0 Å². The van der Waals surface area contributed by atoms with Gasteiger partial charge in [0.2, 0.25) is 0 Å². The van der Waals surface area contributed by atoms with E-state index in [-0.39, 0.29) is 0 Å². The van der Waals surface area contributed by atoms with E-state index in [2.05, 4.69) is 10.2 Å². The van der Waals surface area contributed by atoms with Gasteiger partial charge < -0.3 is 0 Å². The topological polar surface area (TPSA) is 0 Å². The predicted octanol–water partition coefficient (Wildman–Crippen LogP) is 1.76. The maximum absolute atomic E-state index is 2.19. The Kier molecular flexibility index (Phi) is 2.60. The second kappa shape index (κ2) is 3.28. The third-order valence-electron chi connectivity index (χ3n) is 1.97. The van der Waals surface area contributed by atoms with E-state index in [0.717, 1.165) is 5.54 Å². The zero-order valence-corrected chi connectivity index (χ0v) is 6.94. The van der Waals surface area contributed by atoms with Crippen molar-refractivity contribution in [3.05, 3.63) is 0 Å². The average molecular weight is 127 g/mol. The van der Waals surface area contributed by atoms with Gasteiger partial charge in [-0.05, 0) is 0 Å². The molecule has 0 nitrogen and oxygen atoms in total. The molecular weight excluding hydrogens is 112 g/mol. The Morgan fingerprint density at radius 3 is 1.88 bits per heavy atom. The summed E-state index contributed by atoms with van der Waals surface area (Å²) in [6, 6.07) is 0. The van der Waals surface area contributed by atoms with E-state index < -0.39 is 0 Å². The van der Waals surface area contributed by atoms with Gasteiger partial charge in [0.15, 0.2) is 0 Å². The normalized spacial score (nSPS) is 25.1. The van der Waals surface area contributed by atoms with E-state index in [1.165, 1.54) is 38.5 Å². The van der Waals surface area contributed by atoms with Crippen molar-refractivity contribution in [2.24, 2.45) is 0 Å². The van der Waals surface area contributed by atoms with Crippen LogP contribution in [-0.4, -0.2) is 10.2 Å². The summed E-state index contributed by atoms with van der Waals surface area (Å²) in [5.74, 6) is 0. The van der Waals surface area contributed by atoms with Crippen molar-refractivity contribution in [1.82, 2.24) is 0 Å². The first-order chi connectivity index (χ1) is 3.89. The Hall–Kier alpha value is 0.217. The molecule has 1 rings (SSSR count). The SMILES string of the molecule is [SiH2]C1CCCCCC1. The Bertz CT molecular complexity index is 53.4. The van der Waals surface area contributed by atoms with Gasteiger partial charge >= 0.3 is 0 Å². The first-order valence-corrected chi connectivity index (χ1v) is 4.54. The van der Waals surface area contributed by atoms with Gasteiger partial charge in [-0.1, -0.05) is 44.1 Å². The zero-order valence-electron chi connectivity index (χ0n) is 5.53. The summed E-state index contributed by atoms with van der Waals surface area (Å²) in [4.78, 5) is 0. The van der Waals surface area contributed by atoms with E-state index >= 15 is 0 Å². The number of rotatable bonds is 0. The molecule has 0 spiro atoms. The molecule has 0 aromatic heterocycles. The zero-order chi connectivity index (χ0) is 5.82. The van der Waals surface area contributed by atoms with Crippen molar-refractivity contribution in [2.45, 2.75) is 44.1 Å². The number of hydrogen-bond acceptors (Lipinski definition) is 0. The highest BCUT2D eigenvalue weighted by Crippen LogP contribution is 2.23. The summed E-state index contributed by atoms with van der Waals surface area (Å²) < 4.78 is 0. The van der Waals surface area contributed by atoms with E-state index in [0.29, 0.717) is 0 Å². The van der Waals surface area contributed by atoms with Crippen molar-refractivity contribution in [3.8, 4) is 0 Å². The Labute approximate surface area is 55.1 Å². The van der Waals surface area contributed by atoms with Gasteiger partial charge in [-0.15, -0.1) is 0 Å². The molecule has 0 aromatic carbocycles. The van der Waals surface area contributed by atoms with Gasteiger partial charge in [-0.2, -0.15) is 0 Å². The fraction of sp³-hybridized carbons (Fsp3) is 1.00. The van der Waals surface area contributed by atoms with Crippen LogP contribution in [0.4, 0.5) is 0 Å². The summed E-state index contributed by atoms with van der Waals surface area (Å²) >= 11 is 0. The van der Waals surface area contributed by atoms with E-state index in [9.17, 15) is 0 Å². The van der Waals surface area contributed by atoms with Crippen LogP contribution in [0.5, 0.6) is 0 Å². The smallest absolute Gasteiger partial charge is 0.0121 e. The van der Waals surface area contributed by atoms with Gasteiger partial charge in [0.05, 0.1) is 0 Å². The molecule has 0 aromatic rings.